The van der Waals surface area contributed by atoms with Gasteiger partial charge >= 0.3 is 6.18 Å². The van der Waals surface area contributed by atoms with Crippen molar-refractivity contribution in [2.75, 3.05) is 19.8 Å². The third-order valence-electron chi connectivity index (χ3n) is 3.49. The first kappa shape index (κ1) is 15.3. The van der Waals surface area contributed by atoms with Gasteiger partial charge in [0.15, 0.2) is 11.5 Å². The maximum Gasteiger partial charge on any atom is 0.420 e. The van der Waals surface area contributed by atoms with E-state index < -0.39 is 17.3 Å². The first-order chi connectivity index (χ1) is 10.3. The standard InChI is InChI=1S/C14H15F3N2O3/c1-8-19-11-3-9(4-18-5-13(20)6-21-7-13)2-10(12(11)22-8)14(15,16)17/h2-3,18,20H,4-7H2,1H3. The second-order valence-electron chi connectivity index (χ2n) is 5.54. The number of hydrogen-bond donors (Lipinski definition) is 2. The monoisotopic (exact) mass is 316 g/mol. The Morgan fingerprint density at radius 1 is 1.36 bits per heavy atom. The van der Waals surface area contributed by atoms with Crippen molar-refractivity contribution in [3.63, 3.8) is 0 Å². The highest BCUT2D eigenvalue weighted by Gasteiger charge is 2.36. The lowest BCUT2D eigenvalue weighted by atomic mass is 10.0. The second kappa shape index (κ2) is 5.22. The summed E-state index contributed by atoms with van der Waals surface area (Å²) in [7, 11) is 0. The highest BCUT2D eigenvalue weighted by Crippen LogP contribution is 2.36. The average molecular weight is 316 g/mol. The summed E-state index contributed by atoms with van der Waals surface area (Å²) in [5.74, 6) is 0.187. The van der Waals surface area contributed by atoms with Crippen molar-refractivity contribution in [3.05, 3.63) is 29.2 Å². The molecular weight excluding hydrogens is 301 g/mol. The van der Waals surface area contributed by atoms with E-state index in [0.717, 1.165) is 6.07 Å². The van der Waals surface area contributed by atoms with E-state index in [9.17, 15) is 18.3 Å². The predicted molar refractivity (Wildman–Crippen MR) is 71.2 cm³/mol. The largest absolute Gasteiger partial charge is 0.440 e. The van der Waals surface area contributed by atoms with Crippen LogP contribution in [-0.2, 0) is 17.5 Å². The summed E-state index contributed by atoms with van der Waals surface area (Å²) in [6.45, 7) is 2.41. The Morgan fingerprint density at radius 2 is 2.09 bits per heavy atom. The summed E-state index contributed by atoms with van der Waals surface area (Å²) >= 11 is 0. The summed E-state index contributed by atoms with van der Waals surface area (Å²) < 4.78 is 49.3. The molecule has 1 aliphatic rings. The number of aliphatic hydroxyl groups is 1. The highest BCUT2D eigenvalue weighted by molar-refractivity contribution is 5.78. The van der Waals surface area contributed by atoms with Gasteiger partial charge in [-0.3, -0.25) is 0 Å². The van der Waals surface area contributed by atoms with Crippen LogP contribution in [0.15, 0.2) is 16.5 Å². The highest BCUT2D eigenvalue weighted by atomic mass is 19.4. The molecule has 2 N–H and O–H groups in total. The summed E-state index contributed by atoms with van der Waals surface area (Å²) in [6.07, 6.45) is -4.51. The first-order valence-electron chi connectivity index (χ1n) is 6.75. The van der Waals surface area contributed by atoms with E-state index in [1.807, 2.05) is 0 Å². The molecule has 2 heterocycles. The maximum atomic E-state index is 13.1. The van der Waals surface area contributed by atoms with E-state index >= 15 is 0 Å². The zero-order valence-electron chi connectivity index (χ0n) is 11.8. The minimum Gasteiger partial charge on any atom is -0.440 e. The quantitative estimate of drug-likeness (QED) is 0.903. The van der Waals surface area contributed by atoms with E-state index in [0.29, 0.717) is 5.56 Å². The Labute approximate surface area is 124 Å². The normalized spacial score (nSPS) is 17.7. The van der Waals surface area contributed by atoms with Crippen LogP contribution in [0, 0.1) is 6.92 Å². The van der Waals surface area contributed by atoms with E-state index in [2.05, 4.69) is 10.3 Å². The number of nitrogens with zero attached hydrogens (tertiary/aromatic N) is 1. The Kier molecular flexibility index (Phi) is 3.62. The van der Waals surface area contributed by atoms with Gasteiger partial charge in [0.05, 0.1) is 13.2 Å². The molecule has 1 aromatic heterocycles. The van der Waals surface area contributed by atoms with Gasteiger partial charge in [-0.05, 0) is 17.7 Å². The van der Waals surface area contributed by atoms with Crippen molar-refractivity contribution in [1.29, 1.82) is 0 Å². The summed E-state index contributed by atoms with van der Waals surface area (Å²) in [4.78, 5) is 3.97. The minimum absolute atomic E-state index is 0.176. The van der Waals surface area contributed by atoms with E-state index in [-0.39, 0.29) is 43.3 Å². The molecule has 0 aliphatic carbocycles. The Hall–Kier alpha value is -1.64. The lowest BCUT2D eigenvalue weighted by molar-refractivity contribution is -0.174. The number of ether oxygens (including phenoxy) is 1. The van der Waals surface area contributed by atoms with Gasteiger partial charge in [0, 0.05) is 20.0 Å². The van der Waals surface area contributed by atoms with Gasteiger partial charge in [-0.2, -0.15) is 13.2 Å². The number of aryl methyl sites for hydroxylation is 1. The van der Waals surface area contributed by atoms with Crippen molar-refractivity contribution >= 4 is 11.1 Å². The molecule has 0 saturated carbocycles. The zero-order chi connectivity index (χ0) is 16.0. The third-order valence-corrected chi connectivity index (χ3v) is 3.49. The number of benzene rings is 1. The molecule has 8 heteroatoms. The van der Waals surface area contributed by atoms with Crippen LogP contribution in [0.4, 0.5) is 13.2 Å². The molecule has 2 aromatic rings. The van der Waals surface area contributed by atoms with E-state index in [1.54, 1.807) is 6.07 Å². The van der Waals surface area contributed by atoms with Crippen molar-refractivity contribution in [3.8, 4) is 0 Å². The van der Waals surface area contributed by atoms with Crippen LogP contribution in [-0.4, -0.2) is 35.5 Å². The molecule has 1 fully saturated rings. The molecule has 1 aromatic carbocycles. The number of fused-ring (bicyclic) bond motifs is 1. The third kappa shape index (κ3) is 2.94. The van der Waals surface area contributed by atoms with Crippen molar-refractivity contribution < 1.29 is 27.4 Å². The Morgan fingerprint density at radius 3 is 2.68 bits per heavy atom. The fraction of sp³-hybridized carbons (Fsp3) is 0.500. The molecular formula is C14H15F3N2O3. The molecule has 0 unspecified atom stereocenters. The smallest absolute Gasteiger partial charge is 0.420 e. The SMILES string of the molecule is Cc1nc2cc(CNCC3(O)COC3)cc(C(F)(F)F)c2o1. The molecule has 0 bridgehead atoms. The number of oxazole rings is 1. The van der Waals surface area contributed by atoms with Crippen molar-refractivity contribution in [2.45, 2.75) is 25.2 Å². The van der Waals surface area contributed by atoms with Gasteiger partial charge in [-0.15, -0.1) is 0 Å². The average Bonchev–Trinajstić information content (AvgIpc) is 2.74. The topological polar surface area (TPSA) is 67.5 Å². The molecule has 3 rings (SSSR count). The van der Waals surface area contributed by atoms with Crippen LogP contribution < -0.4 is 5.32 Å². The molecule has 0 atom stereocenters. The molecule has 1 aliphatic heterocycles. The fourth-order valence-electron chi connectivity index (χ4n) is 2.39. The summed E-state index contributed by atoms with van der Waals surface area (Å²) in [5.41, 5.74) is -1.42. The van der Waals surface area contributed by atoms with Crippen molar-refractivity contribution in [2.24, 2.45) is 0 Å². The predicted octanol–water partition coefficient (Wildman–Crippen LogP) is 2.01. The Bertz CT molecular complexity index is 692. The van der Waals surface area contributed by atoms with Crippen molar-refractivity contribution in [1.82, 2.24) is 10.3 Å². The molecule has 0 radical (unpaired) electrons. The van der Waals surface area contributed by atoms with Gasteiger partial charge in [-0.25, -0.2) is 4.98 Å². The zero-order valence-corrected chi connectivity index (χ0v) is 11.8. The Balaban J connectivity index is 1.83. The number of rotatable bonds is 4. The molecule has 22 heavy (non-hydrogen) atoms. The lowest BCUT2D eigenvalue weighted by Gasteiger charge is -2.36. The fourth-order valence-corrected chi connectivity index (χ4v) is 2.39. The van der Waals surface area contributed by atoms with Gasteiger partial charge in [0.1, 0.15) is 16.7 Å². The van der Waals surface area contributed by atoms with Gasteiger partial charge in [-0.1, -0.05) is 0 Å². The first-order valence-corrected chi connectivity index (χ1v) is 6.75. The van der Waals surface area contributed by atoms with Gasteiger partial charge < -0.3 is 19.6 Å². The minimum atomic E-state index is -4.51. The second-order valence-corrected chi connectivity index (χ2v) is 5.54. The van der Waals surface area contributed by atoms with Crippen LogP contribution >= 0.6 is 0 Å². The van der Waals surface area contributed by atoms with Crippen LogP contribution in [0.2, 0.25) is 0 Å². The summed E-state index contributed by atoms with van der Waals surface area (Å²) in [6, 6.07) is 2.59. The molecule has 0 spiro atoms. The van der Waals surface area contributed by atoms with Crippen LogP contribution in [0.3, 0.4) is 0 Å². The summed E-state index contributed by atoms with van der Waals surface area (Å²) in [5, 5.41) is 12.8. The van der Waals surface area contributed by atoms with E-state index in [1.165, 1.54) is 6.92 Å². The molecule has 1 saturated heterocycles. The van der Waals surface area contributed by atoms with Crippen LogP contribution in [0.5, 0.6) is 0 Å². The number of nitrogens with one attached hydrogen (secondary N) is 1. The van der Waals surface area contributed by atoms with E-state index in [4.69, 9.17) is 9.15 Å². The van der Waals surface area contributed by atoms with Gasteiger partial charge in [0.2, 0.25) is 0 Å². The molecule has 120 valence electrons. The number of halogens is 3. The lowest BCUT2D eigenvalue weighted by Crippen LogP contribution is -2.56. The maximum absolute atomic E-state index is 13.1. The molecule has 5 nitrogen and oxygen atoms in total. The van der Waals surface area contributed by atoms with Gasteiger partial charge in [0.25, 0.3) is 0 Å². The number of hydrogen-bond acceptors (Lipinski definition) is 5. The van der Waals surface area contributed by atoms with Crippen LogP contribution in [0.25, 0.3) is 11.1 Å². The number of aromatic nitrogens is 1. The number of alkyl halides is 3. The molecule has 0 amide bonds. The van der Waals surface area contributed by atoms with Crippen LogP contribution in [0.1, 0.15) is 17.0 Å².